The van der Waals surface area contributed by atoms with E-state index in [9.17, 15) is 9.90 Å². The van der Waals surface area contributed by atoms with Crippen molar-refractivity contribution < 1.29 is 19.2 Å². The second-order valence-electron chi connectivity index (χ2n) is 6.74. The number of amides is 1. The van der Waals surface area contributed by atoms with E-state index in [0.717, 1.165) is 25.9 Å². The average Bonchev–Trinajstić information content (AvgIpc) is 3.31. The maximum atomic E-state index is 12.1. The zero-order chi connectivity index (χ0) is 18.2. The molecule has 3 rings (SSSR count). The number of carbonyl (C=O) groups excluding carboxylic acids is 1. The fourth-order valence-electron chi connectivity index (χ4n) is 3.21. The summed E-state index contributed by atoms with van der Waals surface area (Å²) in [4.78, 5) is 12.1. The van der Waals surface area contributed by atoms with Gasteiger partial charge in [0, 0.05) is 31.1 Å². The molecule has 0 radical (unpaired) electrons. The lowest BCUT2D eigenvalue weighted by molar-refractivity contribution is -0.120. The van der Waals surface area contributed by atoms with Crippen LogP contribution in [-0.4, -0.2) is 35.9 Å². The van der Waals surface area contributed by atoms with E-state index >= 15 is 0 Å². The average molecular weight is 358 g/mol. The summed E-state index contributed by atoms with van der Waals surface area (Å²) in [7, 11) is 0. The maximum absolute atomic E-state index is 12.1. The Labute approximate surface area is 153 Å². The third kappa shape index (κ3) is 5.16. The van der Waals surface area contributed by atoms with E-state index in [1.165, 1.54) is 5.56 Å². The molecule has 0 aliphatic carbocycles. The molecule has 2 N–H and O–H groups in total. The maximum Gasteiger partial charge on any atom is 0.226 e. The van der Waals surface area contributed by atoms with Gasteiger partial charge in [-0.1, -0.05) is 35.5 Å². The predicted octanol–water partition coefficient (Wildman–Crippen LogP) is 2.04. The van der Waals surface area contributed by atoms with Crippen molar-refractivity contribution in [3.05, 3.63) is 52.9 Å². The van der Waals surface area contributed by atoms with Gasteiger partial charge in [0.25, 0.3) is 0 Å². The molecule has 1 aliphatic heterocycles. The molecule has 140 valence electrons. The second-order valence-corrected chi connectivity index (χ2v) is 6.74. The Hall–Kier alpha value is -2.18. The van der Waals surface area contributed by atoms with Crippen LogP contribution in [0.15, 0.2) is 34.9 Å². The van der Waals surface area contributed by atoms with Gasteiger partial charge in [0.15, 0.2) is 0 Å². The summed E-state index contributed by atoms with van der Waals surface area (Å²) in [6, 6.07) is 10.2. The van der Waals surface area contributed by atoms with Crippen molar-refractivity contribution in [3.8, 4) is 0 Å². The van der Waals surface area contributed by atoms with E-state index in [0.29, 0.717) is 42.5 Å². The molecular weight excluding hydrogens is 332 g/mol. The summed E-state index contributed by atoms with van der Waals surface area (Å²) in [6.07, 6.45) is 3.65. The molecule has 0 saturated carbocycles. The fourth-order valence-corrected chi connectivity index (χ4v) is 3.21. The number of benzene rings is 1. The van der Waals surface area contributed by atoms with Gasteiger partial charge < -0.3 is 19.7 Å². The van der Waals surface area contributed by atoms with Gasteiger partial charge in [-0.2, -0.15) is 0 Å². The van der Waals surface area contributed by atoms with E-state index in [1.807, 2.05) is 18.2 Å². The monoisotopic (exact) mass is 358 g/mol. The number of rotatable bonds is 9. The van der Waals surface area contributed by atoms with E-state index in [4.69, 9.17) is 9.26 Å². The van der Waals surface area contributed by atoms with Crippen molar-refractivity contribution in [2.75, 3.05) is 19.8 Å². The lowest BCUT2D eigenvalue weighted by Gasteiger charge is -2.09. The summed E-state index contributed by atoms with van der Waals surface area (Å²) in [6.45, 7) is 1.93. The highest BCUT2D eigenvalue weighted by atomic mass is 16.5. The number of hydrogen-bond donors (Lipinski definition) is 2. The molecule has 26 heavy (non-hydrogen) atoms. The first-order chi connectivity index (χ1) is 12.8. The first-order valence-electron chi connectivity index (χ1n) is 9.21. The van der Waals surface area contributed by atoms with E-state index in [1.54, 1.807) is 0 Å². The predicted molar refractivity (Wildman–Crippen MR) is 96.5 cm³/mol. The van der Waals surface area contributed by atoms with Crippen molar-refractivity contribution in [2.45, 2.75) is 38.7 Å². The van der Waals surface area contributed by atoms with Crippen molar-refractivity contribution in [1.82, 2.24) is 10.5 Å². The summed E-state index contributed by atoms with van der Waals surface area (Å²) in [5.74, 6) is 0.966. The van der Waals surface area contributed by atoms with Crippen LogP contribution in [0.5, 0.6) is 0 Å². The topological polar surface area (TPSA) is 84.6 Å². The van der Waals surface area contributed by atoms with Crippen LogP contribution in [0.1, 0.15) is 35.4 Å². The van der Waals surface area contributed by atoms with Crippen LogP contribution in [0.25, 0.3) is 0 Å². The highest BCUT2D eigenvalue weighted by Gasteiger charge is 2.20. The van der Waals surface area contributed by atoms with Gasteiger partial charge in [0.2, 0.25) is 5.91 Å². The smallest absolute Gasteiger partial charge is 0.226 e. The van der Waals surface area contributed by atoms with Crippen LogP contribution < -0.4 is 5.32 Å². The number of ether oxygens (including phenoxy) is 1. The lowest BCUT2D eigenvalue weighted by Crippen LogP contribution is -2.31. The standard InChI is InChI=1S/C20H26N2O4/c23-13-17-18(11-20(24)21-12-16-9-10-25-14-16)22-26-19(17)8-4-7-15-5-2-1-3-6-15/h1-3,5-6,16,23H,4,7-14H2,(H,21,24). The lowest BCUT2D eigenvalue weighted by atomic mass is 10.0. The quantitative estimate of drug-likeness (QED) is 0.717. The normalized spacial score (nSPS) is 16.7. The van der Waals surface area contributed by atoms with Gasteiger partial charge in [-0.3, -0.25) is 4.79 Å². The van der Waals surface area contributed by atoms with Crippen molar-refractivity contribution in [1.29, 1.82) is 0 Å². The highest BCUT2D eigenvalue weighted by Crippen LogP contribution is 2.18. The molecule has 2 heterocycles. The number of aliphatic hydroxyl groups excluding tert-OH is 1. The Morgan fingerprint density at radius 2 is 2.12 bits per heavy atom. The molecule has 1 unspecified atom stereocenters. The van der Waals surface area contributed by atoms with Gasteiger partial charge in [-0.25, -0.2) is 0 Å². The molecule has 1 amide bonds. The zero-order valence-electron chi connectivity index (χ0n) is 14.9. The van der Waals surface area contributed by atoms with E-state index in [2.05, 4.69) is 22.6 Å². The molecule has 2 aromatic rings. The van der Waals surface area contributed by atoms with E-state index < -0.39 is 0 Å². The Morgan fingerprint density at radius 3 is 2.85 bits per heavy atom. The number of aryl methyl sites for hydroxylation is 2. The number of hydrogen-bond acceptors (Lipinski definition) is 5. The molecule has 1 aliphatic rings. The van der Waals surface area contributed by atoms with Crippen molar-refractivity contribution in [2.24, 2.45) is 5.92 Å². The molecule has 1 fully saturated rings. The summed E-state index contributed by atoms with van der Waals surface area (Å²) >= 11 is 0. The highest BCUT2D eigenvalue weighted by molar-refractivity contribution is 5.78. The van der Waals surface area contributed by atoms with Crippen LogP contribution in [0.3, 0.4) is 0 Å². The minimum Gasteiger partial charge on any atom is -0.391 e. The van der Waals surface area contributed by atoms with Gasteiger partial charge in [-0.15, -0.1) is 0 Å². The van der Waals surface area contributed by atoms with E-state index in [-0.39, 0.29) is 18.9 Å². The number of nitrogens with one attached hydrogen (secondary N) is 1. The SMILES string of the molecule is O=C(Cc1noc(CCCc2ccccc2)c1CO)NCC1CCOC1. The van der Waals surface area contributed by atoms with Crippen molar-refractivity contribution in [3.63, 3.8) is 0 Å². The molecule has 6 nitrogen and oxygen atoms in total. The van der Waals surface area contributed by atoms with Crippen LogP contribution >= 0.6 is 0 Å². The van der Waals surface area contributed by atoms with Crippen LogP contribution in [-0.2, 0) is 35.4 Å². The van der Waals surface area contributed by atoms with Crippen LogP contribution in [0.2, 0.25) is 0 Å². The largest absolute Gasteiger partial charge is 0.391 e. The molecule has 1 aromatic heterocycles. The summed E-state index contributed by atoms with van der Waals surface area (Å²) in [5.41, 5.74) is 2.45. The third-order valence-corrected chi connectivity index (χ3v) is 4.76. The second kappa shape index (κ2) is 9.50. The van der Waals surface area contributed by atoms with Crippen LogP contribution in [0, 0.1) is 5.92 Å². The molecule has 1 aromatic carbocycles. The molecule has 6 heteroatoms. The van der Waals surface area contributed by atoms with Gasteiger partial charge in [0.05, 0.1) is 25.3 Å². The zero-order valence-corrected chi connectivity index (χ0v) is 14.9. The van der Waals surface area contributed by atoms with Gasteiger partial charge in [0.1, 0.15) is 5.76 Å². The summed E-state index contributed by atoms with van der Waals surface area (Å²) < 4.78 is 10.7. The van der Waals surface area contributed by atoms with Gasteiger partial charge in [-0.05, 0) is 24.8 Å². The Bertz CT molecular complexity index is 693. The first-order valence-corrected chi connectivity index (χ1v) is 9.21. The summed E-state index contributed by atoms with van der Waals surface area (Å²) in [5, 5.41) is 16.6. The van der Waals surface area contributed by atoms with Crippen LogP contribution in [0.4, 0.5) is 0 Å². The Balaban J connectivity index is 1.49. The number of aromatic nitrogens is 1. The van der Waals surface area contributed by atoms with Gasteiger partial charge >= 0.3 is 0 Å². The minimum atomic E-state index is -0.163. The number of nitrogens with zero attached hydrogens (tertiary/aromatic N) is 1. The molecule has 1 atom stereocenters. The third-order valence-electron chi connectivity index (χ3n) is 4.76. The van der Waals surface area contributed by atoms with Crippen molar-refractivity contribution >= 4 is 5.91 Å². The Kier molecular flexibility index (Phi) is 6.80. The number of aliphatic hydroxyl groups is 1. The minimum absolute atomic E-state index is 0.101. The Morgan fingerprint density at radius 1 is 1.27 bits per heavy atom. The molecular formula is C20H26N2O4. The first kappa shape index (κ1) is 18.6. The molecule has 1 saturated heterocycles. The number of carbonyl (C=O) groups is 1. The molecule has 0 bridgehead atoms. The molecule has 0 spiro atoms. The fraction of sp³-hybridized carbons (Fsp3) is 0.500.